The van der Waals surface area contributed by atoms with Gasteiger partial charge in [0.2, 0.25) is 11.8 Å². The number of carbonyl (C=O) groups excluding carboxylic acids is 2. The molecule has 0 bridgehead atoms. The molecule has 0 saturated carbocycles. The van der Waals surface area contributed by atoms with Crippen molar-refractivity contribution in [3.8, 4) is 11.1 Å². The molecule has 0 aliphatic carbocycles. The number of aryl methyl sites for hydroxylation is 1. The zero-order valence-corrected chi connectivity index (χ0v) is 32.0. The van der Waals surface area contributed by atoms with Gasteiger partial charge in [-0.05, 0) is 81.3 Å². The molecule has 286 valence electrons. The quantitative estimate of drug-likeness (QED) is 0.0826. The maximum absolute atomic E-state index is 15.2. The van der Waals surface area contributed by atoms with Crippen LogP contribution in [0.1, 0.15) is 81.8 Å². The molecule has 2 aromatic carbocycles. The van der Waals surface area contributed by atoms with Crippen LogP contribution in [0.3, 0.4) is 0 Å². The van der Waals surface area contributed by atoms with Gasteiger partial charge in [0.15, 0.2) is 0 Å². The van der Waals surface area contributed by atoms with Gasteiger partial charge < -0.3 is 36.7 Å². The highest BCUT2D eigenvalue weighted by Crippen LogP contribution is 2.32. The van der Waals surface area contributed by atoms with Gasteiger partial charge in [-0.15, -0.1) is 0 Å². The second-order valence-electron chi connectivity index (χ2n) is 14.4. The number of rotatable bonds is 16. The van der Waals surface area contributed by atoms with Gasteiger partial charge in [-0.1, -0.05) is 38.1 Å². The molecule has 0 radical (unpaired) electrons. The number of amides is 2. The van der Waals surface area contributed by atoms with Crippen LogP contribution in [0.2, 0.25) is 0 Å². The third-order valence-corrected chi connectivity index (χ3v) is 10.5. The number of hydrogen-bond acceptors (Lipinski definition) is 9. The molecule has 2 aliphatic heterocycles. The summed E-state index contributed by atoms with van der Waals surface area (Å²) in [5, 5.41) is 24.7. The first kappa shape index (κ1) is 39.8. The largest absolute Gasteiger partial charge is 0.381 e. The number of aromatic nitrogens is 1. The Morgan fingerprint density at radius 3 is 2.51 bits per heavy atom. The van der Waals surface area contributed by atoms with Crippen LogP contribution in [-0.4, -0.2) is 79.4 Å². The topological polar surface area (TPSA) is 144 Å². The maximum atomic E-state index is 15.2. The van der Waals surface area contributed by atoms with E-state index in [0.717, 1.165) is 72.7 Å². The Morgan fingerprint density at radius 2 is 1.83 bits per heavy atom. The predicted molar refractivity (Wildman–Crippen MR) is 210 cm³/mol. The van der Waals surface area contributed by atoms with Crippen molar-refractivity contribution >= 4 is 29.5 Å². The molecule has 2 amide bonds. The van der Waals surface area contributed by atoms with Gasteiger partial charge >= 0.3 is 0 Å². The van der Waals surface area contributed by atoms with Crippen molar-refractivity contribution in [3.05, 3.63) is 76.2 Å². The molecule has 0 spiro atoms. The lowest BCUT2D eigenvalue weighted by Crippen LogP contribution is -2.49. The number of nitrogens with zero attached hydrogens (tertiary/aromatic N) is 2. The summed E-state index contributed by atoms with van der Waals surface area (Å²) in [6.45, 7) is 15.6. The molecule has 2 aliphatic rings. The molecule has 11 nitrogen and oxygen atoms in total. The first-order valence-electron chi connectivity index (χ1n) is 19.1. The van der Waals surface area contributed by atoms with E-state index in [1.165, 1.54) is 12.3 Å². The minimum Gasteiger partial charge on any atom is -0.381 e. The van der Waals surface area contributed by atoms with Gasteiger partial charge in [0.25, 0.3) is 0 Å². The van der Waals surface area contributed by atoms with Crippen molar-refractivity contribution in [1.82, 2.24) is 25.8 Å². The molecule has 2 atom stereocenters. The zero-order chi connectivity index (χ0) is 38.0. The summed E-state index contributed by atoms with van der Waals surface area (Å²) in [4.78, 5) is 34.9. The first-order valence-corrected chi connectivity index (χ1v) is 19.1. The standard InChI is InChI=1S/C41H57FN8O3/c1-6-36-34(37(48-31-14-18-53-19-15-31)33(22-43)38(49-36)44-8-3)24-47-40(52)41(5,7-2)39(51)46-23-28-12-13-35(42)32(21-28)30-11-9-10-29(20-30)26-50-17-16-45-27(4)25-50/h9-13,20-22,27,31,43,45H,6-8,14-19,23-26H2,1-5H3,(H,46,51)(H,47,52)(H2,44,48,49)/t27-,41?/m0/s1. The second-order valence-corrected chi connectivity index (χ2v) is 14.4. The summed E-state index contributed by atoms with van der Waals surface area (Å²) in [5.41, 5.74) is 4.76. The van der Waals surface area contributed by atoms with Crippen molar-refractivity contribution < 1.29 is 18.7 Å². The molecule has 3 aromatic rings. The molecule has 1 unspecified atom stereocenters. The number of nitrogens with one attached hydrogen (secondary N) is 6. The Bertz CT molecular complexity index is 1750. The van der Waals surface area contributed by atoms with Crippen molar-refractivity contribution in [3.63, 3.8) is 0 Å². The Kier molecular flexibility index (Phi) is 14.0. The summed E-state index contributed by atoms with van der Waals surface area (Å²) in [7, 11) is 0. The summed E-state index contributed by atoms with van der Waals surface area (Å²) in [6, 6.07) is 13.4. The van der Waals surface area contributed by atoms with Crippen LogP contribution in [0.4, 0.5) is 15.9 Å². The molecule has 2 fully saturated rings. The first-order chi connectivity index (χ1) is 25.6. The fraction of sp³-hybridized carbons (Fsp3) is 0.512. The Morgan fingerprint density at radius 1 is 1.08 bits per heavy atom. The minimum atomic E-state index is -1.36. The molecule has 3 heterocycles. The van der Waals surface area contributed by atoms with E-state index in [0.29, 0.717) is 49.2 Å². The van der Waals surface area contributed by atoms with Crippen LogP contribution < -0.4 is 26.6 Å². The van der Waals surface area contributed by atoms with Crippen LogP contribution in [-0.2, 0) is 40.4 Å². The van der Waals surface area contributed by atoms with Crippen molar-refractivity contribution in [1.29, 1.82) is 5.41 Å². The number of pyridine rings is 1. The molecular weight excluding hydrogens is 672 g/mol. The van der Waals surface area contributed by atoms with Crippen molar-refractivity contribution in [2.75, 3.05) is 50.0 Å². The van der Waals surface area contributed by atoms with E-state index in [2.05, 4.69) is 44.5 Å². The van der Waals surface area contributed by atoms with Gasteiger partial charge in [0, 0.05) is 94.1 Å². The Labute approximate surface area is 313 Å². The molecule has 6 N–H and O–H groups in total. The smallest absolute Gasteiger partial charge is 0.235 e. The van der Waals surface area contributed by atoms with Gasteiger partial charge in [0.1, 0.15) is 17.1 Å². The average molecular weight is 729 g/mol. The zero-order valence-electron chi connectivity index (χ0n) is 32.0. The van der Waals surface area contributed by atoms with E-state index in [1.807, 2.05) is 39.0 Å². The lowest BCUT2D eigenvalue weighted by molar-refractivity contribution is -0.143. The number of benzene rings is 2. The monoisotopic (exact) mass is 728 g/mol. The Balaban J connectivity index is 1.29. The van der Waals surface area contributed by atoms with Gasteiger partial charge in [0.05, 0.1) is 11.3 Å². The van der Waals surface area contributed by atoms with E-state index in [-0.39, 0.29) is 31.4 Å². The number of halogens is 1. The normalized spacial score (nSPS) is 17.8. The van der Waals surface area contributed by atoms with Crippen molar-refractivity contribution in [2.45, 2.75) is 92.0 Å². The molecule has 1 aromatic heterocycles. The van der Waals surface area contributed by atoms with Gasteiger partial charge in [-0.3, -0.25) is 14.5 Å². The lowest BCUT2D eigenvalue weighted by atomic mass is 9.85. The van der Waals surface area contributed by atoms with E-state index in [9.17, 15) is 9.59 Å². The number of carbonyl (C=O) groups is 2. The molecule has 2 saturated heterocycles. The average Bonchev–Trinajstić information content (AvgIpc) is 3.17. The summed E-state index contributed by atoms with van der Waals surface area (Å²) < 4.78 is 20.8. The Hall–Kier alpha value is -4.39. The van der Waals surface area contributed by atoms with Gasteiger partial charge in [-0.2, -0.15) is 0 Å². The van der Waals surface area contributed by atoms with E-state index >= 15 is 4.39 Å². The van der Waals surface area contributed by atoms with Crippen LogP contribution in [0.5, 0.6) is 0 Å². The summed E-state index contributed by atoms with van der Waals surface area (Å²) in [6.07, 6.45) is 3.85. The lowest BCUT2D eigenvalue weighted by Gasteiger charge is -2.31. The fourth-order valence-corrected chi connectivity index (χ4v) is 7.14. The number of ether oxygens (including phenoxy) is 1. The van der Waals surface area contributed by atoms with Crippen LogP contribution in [0, 0.1) is 16.6 Å². The fourth-order valence-electron chi connectivity index (χ4n) is 7.14. The third kappa shape index (κ3) is 9.78. The predicted octanol–water partition coefficient (Wildman–Crippen LogP) is 5.61. The number of hydrogen-bond donors (Lipinski definition) is 6. The molecular formula is C41H57FN8O3. The molecule has 53 heavy (non-hydrogen) atoms. The number of piperazine rings is 1. The molecule has 5 rings (SSSR count). The summed E-state index contributed by atoms with van der Waals surface area (Å²) >= 11 is 0. The second kappa shape index (κ2) is 18.6. The highest BCUT2D eigenvalue weighted by atomic mass is 19.1. The highest BCUT2D eigenvalue weighted by molar-refractivity contribution is 6.04. The van der Waals surface area contributed by atoms with Crippen LogP contribution >= 0.6 is 0 Å². The van der Waals surface area contributed by atoms with Crippen LogP contribution in [0.25, 0.3) is 11.1 Å². The highest BCUT2D eigenvalue weighted by Gasteiger charge is 2.39. The summed E-state index contributed by atoms with van der Waals surface area (Å²) in [5.74, 6) is -0.516. The van der Waals surface area contributed by atoms with E-state index < -0.39 is 17.2 Å². The van der Waals surface area contributed by atoms with Crippen molar-refractivity contribution in [2.24, 2.45) is 5.41 Å². The van der Waals surface area contributed by atoms with Crippen LogP contribution in [0.15, 0.2) is 42.5 Å². The SMILES string of the molecule is CCNc1nc(CC)c(CNC(=O)C(C)(CC)C(=O)NCc2ccc(F)c(-c3cccc(CN4CCN[C@@H](C)C4)c3)c2)c(NC2CCOCC2)c1C=N. The van der Waals surface area contributed by atoms with Gasteiger partial charge in [-0.25, -0.2) is 9.37 Å². The number of anilines is 2. The minimum absolute atomic E-state index is 0.144. The third-order valence-electron chi connectivity index (χ3n) is 10.5. The molecule has 12 heteroatoms. The maximum Gasteiger partial charge on any atom is 0.235 e. The van der Waals surface area contributed by atoms with E-state index in [4.69, 9.17) is 15.1 Å². The van der Waals surface area contributed by atoms with E-state index in [1.54, 1.807) is 19.1 Å².